The summed E-state index contributed by atoms with van der Waals surface area (Å²) < 4.78 is 30.1. The van der Waals surface area contributed by atoms with Gasteiger partial charge in [0.1, 0.15) is 19.3 Å². The van der Waals surface area contributed by atoms with Crippen molar-refractivity contribution in [1.82, 2.24) is 5.32 Å². The normalized spacial score (nSPS) is 14.4. The van der Waals surface area contributed by atoms with Crippen molar-refractivity contribution in [3.05, 3.63) is 72.9 Å². The number of hydrogen-bond acceptors (Lipinski definition) is 7. The molecule has 0 spiro atoms. The van der Waals surface area contributed by atoms with Gasteiger partial charge in [-0.15, -0.1) is 0 Å². The summed E-state index contributed by atoms with van der Waals surface area (Å²) in [6, 6.07) is -0.900. The van der Waals surface area contributed by atoms with Gasteiger partial charge in [-0.25, -0.2) is 0 Å². The van der Waals surface area contributed by atoms with Gasteiger partial charge < -0.3 is 28.5 Å². The Labute approximate surface area is 413 Å². The first-order valence-electron chi connectivity index (χ1n) is 27.3. The molecule has 0 aliphatic heterocycles. The molecule has 67 heavy (non-hydrogen) atoms. The number of ether oxygens (including phenoxy) is 1. The second-order valence-corrected chi connectivity index (χ2v) is 20.8. The fourth-order valence-electron chi connectivity index (χ4n) is 7.45. The first-order valence-corrected chi connectivity index (χ1v) is 28.8. The van der Waals surface area contributed by atoms with Gasteiger partial charge in [-0.1, -0.05) is 210 Å². The lowest BCUT2D eigenvalue weighted by molar-refractivity contribution is -0.870. The van der Waals surface area contributed by atoms with Crippen LogP contribution in [0.15, 0.2) is 72.9 Å². The number of likely N-dealkylation sites (N-methyl/N-ethyl adjacent to an activating group) is 1. The Bertz CT molecular complexity index is 1380. The Morgan fingerprint density at radius 1 is 0.537 bits per heavy atom. The summed E-state index contributed by atoms with van der Waals surface area (Å²) in [6.45, 7) is 6.64. The first-order chi connectivity index (χ1) is 32.4. The average Bonchev–Trinajstić information content (AvgIpc) is 3.28. The topological polar surface area (TPSA) is 114 Å². The van der Waals surface area contributed by atoms with E-state index in [0.29, 0.717) is 23.9 Å². The van der Waals surface area contributed by atoms with Crippen molar-refractivity contribution in [1.29, 1.82) is 0 Å². The van der Waals surface area contributed by atoms with Gasteiger partial charge in [-0.05, 0) is 76.7 Å². The Kier molecular flexibility index (Phi) is 45.3. The van der Waals surface area contributed by atoms with Crippen LogP contribution in [-0.4, -0.2) is 69.4 Å². The minimum atomic E-state index is -4.70. The standard InChI is InChI=1S/C57H103N2O7P/c1-7-10-13-16-19-22-25-27-29-31-34-37-40-43-46-49-56(60)58-54(53-65-67(62,63)64-52-51-59(4,5)6)55(48-45-42-39-36-33-24-21-18-15-12-9-3)66-57(61)50-47-44-41-38-35-32-30-28-26-23-20-17-14-11-8-2/h10,13,16,19-20,22-23,25-26,28,45,48,54-55H,7-9,11-12,14-15,17-18,21,24,27,29-44,46-47,49-53H2,1-6H3,(H-,58,60,62,63)/b13-10+,19-16+,23-20+,25-22+,28-26+,48-45+. The van der Waals surface area contributed by atoms with Gasteiger partial charge in [0.2, 0.25) is 5.91 Å². The van der Waals surface area contributed by atoms with Gasteiger partial charge in [0, 0.05) is 12.8 Å². The Morgan fingerprint density at radius 3 is 1.46 bits per heavy atom. The number of nitrogens with zero attached hydrogens (tertiary/aromatic N) is 1. The molecular formula is C57H103N2O7P. The summed E-state index contributed by atoms with van der Waals surface area (Å²) in [5, 5.41) is 3.00. The molecule has 0 aliphatic rings. The predicted octanol–water partition coefficient (Wildman–Crippen LogP) is 15.5. The van der Waals surface area contributed by atoms with Crippen molar-refractivity contribution < 1.29 is 37.3 Å². The van der Waals surface area contributed by atoms with Gasteiger partial charge in [0.15, 0.2) is 0 Å². The van der Waals surface area contributed by atoms with Gasteiger partial charge in [-0.3, -0.25) is 14.2 Å². The second-order valence-electron chi connectivity index (χ2n) is 19.4. The van der Waals surface area contributed by atoms with E-state index in [2.05, 4.69) is 86.8 Å². The fraction of sp³-hybridized carbons (Fsp3) is 0.754. The van der Waals surface area contributed by atoms with Crippen molar-refractivity contribution in [3.8, 4) is 0 Å². The number of phosphoric acid groups is 1. The molecule has 0 aliphatic carbocycles. The summed E-state index contributed by atoms with van der Waals surface area (Å²) in [4.78, 5) is 39.7. The number of quaternary nitrogens is 1. The number of hydrogen-bond donors (Lipinski definition) is 1. The molecule has 0 aromatic rings. The number of unbranched alkanes of at least 4 members (excludes halogenated alkanes) is 25. The minimum Gasteiger partial charge on any atom is -0.756 e. The summed E-state index contributed by atoms with van der Waals surface area (Å²) in [5.41, 5.74) is 0. The lowest BCUT2D eigenvalue weighted by Gasteiger charge is -2.30. The lowest BCUT2D eigenvalue weighted by Crippen LogP contribution is -2.47. The van der Waals surface area contributed by atoms with Crippen molar-refractivity contribution in [2.24, 2.45) is 0 Å². The molecule has 0 aromatic carbocycles. The number of nitrogens with one attached hydrogen (secondary N) is 1. The molecule has 0 rings (SSSR count). The number of carbonyl (C=O) groups excluding carboxylic acids is 2. The highest BCUT2D eigenvalue weighted by molar-refractivity contribution is 7.45. The molecule has 0 fully saturated rings. The van der Waals surface area contributed by atoms with E-state index in [0.717, 1.165) is 96.3 Å². The lowest BCUT2D eigenvalue weighted by atomic mass is 10.1. The van der Waals surface area contributed by atoms with Crippen LogP contribution in [0.3, 0.4) is 0 Å². The van der Waals surface area contributed by atoms with Crippen LogP contribution < -0.4 is 10.2 Å². The zero-order chi connectivity index (χ0) is 49.4. The number of phosphoric ester groups is 1. The van der Waals surface area contributed by atoms with E-state index in [1.165, 1.54) is 89.9 Å². The van der Waals surface area contributed by atoms with E-state index in [4.69, 9.17) is 13.8 Å². The number of esters is 1. The van der Waals surface area contributed by atoms with Crippen LogP contribution in [0.4, 0.5) is 0 Å². The fourth-order valence-corrected chi connectivity index (χ4v) is 8.18. The molecule has 0 heterocycles. The third kappa shape index (κ3) is 48.3. The predicted molar refractivity (Wildman–Crippen MR) is 284 cm³/mol. The van der Waals surface area contributed by atoms with Crippen LogP contribution in [0.5, 0.6) is 0 Å². The van der Waals surface area contributed by atoms with Gasteiger partial charge >= 0.3 is 5.97 Å². The van der Waals surface area contributed by atoms with E-state index in [-0.39, 0.29) is 24.9 Å². The molecule has 1 N–H and O–H groups in total. The van der Waals surface area contributed by atoms with E-state index in [1.807, 2.05) is 33.3 Å². The largest absolute Gasteiger partial charge is 0.756 e. The molecule has 10 heteroatoms. The number of carbonyl (C=O) groups is 2. The monoisotopic (exact) mass is 959 g/mol. The molecule has 0 radical (unpaired) electrons. The van der Waals surface area contributed by atoms with Crippen LogP contribution in [-0.2, 0) is 27.9 Å². The highest BCUT2D eigenvalue weighted by Crippen LogP contribution is 2.38. The zero-order valence-electron chi connectivity index (χ0n) is 44.1. The summed E-state index contributed by atoms with van der Waals surface area (Å²) in [6.07, 6.45) is 58.6. The maximum atomic E-state index is 13.4. The van der Waals surface area contributed by atoms with Crippen molar-refractivity contribution in [2.75, 3.05) is 40.9 Å². The molecule has 9 nitrogen and oxygen atoms in total. The molecule has 1 amide bonds. The summed E-state index contributed by atoms with van der Waals surface area (Å²) in [5.74, 6) is -0.573. The quantitative estimate of drug-likeness (QED) is 0.0161. The minimum absolute atomic E-state index is 0.0297. The molecule has 0 bridgehead atoms. The SMILES string of the molecule is CC/C=C/C=C/C=C/CCCCCCCCCC(=O)NC(COP(=O)([O-])OCC[N+](C)(C)C)C(/C=C/CCCCCCCCCCC)OC(=O)CCCCCCCC/C=C/C=C/CCCCC. The molecule has 388 valence electrons. The van der Waals surface area contributed by atoms with Crippen molar-refractivity contribution >= 4 is 19.7 Å². The van der Waals surface area contributed by atoms with Gasteiger partial charge in [-0.2, -0.15) is 0 Å². The van der Waals surface area contributed by atoms with Gasteiger partial charge in [0.05, 0.1) is 33.8 Å². The van der Waals surface area contributed by atoms with Crippen LogP contribution in [0.25, 0.3) is 0 Å². The van der Waals surface area contributed by atoms with E-state index >= 15 is 0 Å². The zero-order valence-corrected chi connectivity index (χ0v) is 45.0. The van der Waals surface area contributed by atoms with Crippen LogP contribution in [0.1, 0.15) is 226 Å². The molecule has 3 unspecified atom stereocenters. The highest BCUT2D eigenvalue weighted by atomic mass is 31.2. The average molecular weight is 959 g/mol. The third-order valence-electron chi connectivity index (χ3n) is 11.7. The maximum absolute atomic E-state index is 13.4. The molecule has 0 aromatic heterocycles. The molecule has 0 saturated carbocycles. The highest BCUT2D eigenvalue weighted by Gasteiger charge is 2.27. The van der Waals surface area contributed by atoms with E-state index < -0.39 is 26.6 Å². The van der Waals surface area contributed by atoms with Crippen LogP contribution in [0.2, 0.25) is 0 Å². The van der Waals surface area contributed by atoms with Crippen LogP contribution >= 0.6 is 7.82 Å². The number of rotatable bonds is 48. The van der Waals surface area contributed by atoms with Crippen LogP contribution in [0, 0.1) is 0 Å². The van der Waals surface area contributed by atoms with E-state index in [9.17, 15) is 19.0 Å². The molecule has 0 saturated heterocycles. The molecule has 3 atom stereocenters. The summed E-state index contributed by atoms with van der Waals surface area (Å²) in [7, 11) is 1.16. The number of allylic oxidation sites excluding steroid dienone is 11. The Morgan fingerprint density at radius 2 is 0.955 bits per heavy atom. The van der Waals surface area contributed by atoms with Crippen molar-refractivity contribution in [2.45, 2.75) is 238 Å². The summed E-state index contributed by atoms with van der Waals surface area (Å²) >= 11 is 0. The molecular weight excluding hydrogens is 856 g/mol. The van der Waals surface area contributed by atoms with Gasteiger partial charge in [0.25, 0.3) is 7.82 Å². The maximum Gasteiger partial charge on any atom is 0.306 e. The third-order valence-corrected chi connectivity index (χ3v) is 12.7. The Hall–Kier alpha value is -2.55. The van der Waals surface area contributed by atoms with Crippen molar-refractivity contribution in [3.63, 3.8) is 0 Å². The number of amides is 1. The van der Waals surface area contributed by atoms with E-state index in [1.54, 1.807) is 0 Å². The first kappa shape index (κ1) is 64.5. The smallest absolute Gasteiger partial charge is 0.306 e. The second kappa shape index (κ2) is 47.1. The Balaban J connectivity index is 5.41.